The molecule has 0 aliphatic heterocycles. The van der Waals surface area contributed by atoms with Crippen molar-refractivity contribution in [1.82, 2.24) is 0 Å². The van der Waals surface area contributed by atoms with Crippen LogP contribution in [0.4, 0.5) is 0 Å². The first-order valence-corrected chi connectivity index (χ1v) is 21.8. The largest absolute Gasteiger partial charge is 0.0706 e. The molecular weight excluding hydrogens is 521 g/mol. The molecule has 10 atom stereocenters. The fourth-order valence-corrected chi connectivity index (χ4v) is 18.7. The van der Waals surface area contributed by atoms with Crippen LogP contribution in [0.3, 0.4) is 0 Å². The summed E-state index contributed by atoms with van der Waals surface area (Å²) in [6, 6.07) is 0. The summed E-state index contributed by atoms with van der Waals surface area (Å²) in [5.41, 5.74) is 3.30. The highest BCUT2D eigenvalue weighted by molar-refractivity contribution is 6.61. The molecule has 0 saturated heterocycles. The number of fused-ring (bicyclic) bond motifs is 2. The fraction of sp³-hybridized carbons (Fsp3) is 1.00. The average molecular weight is 594 g/mol. The molecule has 0 nitrogen and oxygen atoms in total. The Bertz CT molecular complexity index is 804. The Morgan fingerprint density at radius 1 is 0.429 bits per heavy atom. The van der Waals surface area contributed by atoms with E-state index in [2.05, 4.69) is 61.9 Å². The standard InChI is InChI=1S/C41H73Si/c1-26-24-36-32(28-16-20-30(21-17-28)40(3,4)5)12-10-14-34(36)38(26)42(9)39-27(2)25-37-33(13-11-15-35(37)39)29-18-22-31(23-19-29)41(6,7)8/h26-39H,10-25H2,1-9H3. The van der Waals surface area contributed by atoms with Crippen LogP contribution < -0.4 is 0 Å². The zero-order valence-corrected chi connectivity index (χ0v) is 30.9. The monoisotopic (exact) mass is 594 g/mol. The quantitative estimate of drug-likeness (QED) is 0.284. The third kappa shape index (κ3) is 6.16. The zero-order chi connectivity index (χ0) is 30.0. The Morgan fingerprint density at radius 2 is 0.762 bits per heavy atom. The summed E-state index contributed by atoms with van der Waals surface area (Å²) < 4.78 is 0. The second kappa shape index (κ2) is 12.4. The minimum absolute atomic E-state index is 0.342. The molecule has 6 fully saturated rings. The molecule has 6 aliphatic carbocycles. The van der Waals surface area contributed by atoms with Crippen LogP contribution in [0, 0.1) is 81.8 Å². The second-order valence-corrected chi connectivity index (χ2v) is 22.8. The molecule has 0 spiro atoms. The lowest BCUT2D eigenvalue weighted by atomic mass is 9.61. The molecule has 0 aromatic carbocycles. The van der Waals surface area contributed by atoms with Crippen molar-refractivity contribution >= 4 is 8.80 Å². The van der Waals surface area contributed by atoms with Crippen molar-refractivity contribution in [2.75, 3.05) is 0 Å². The summed E-state index contributed by atoms with van der Waals surface area (Å²) in [5, 5.41) is 0. The molecule has 10 unspecified atom stereocenters. The molecule has 0 aromatic rings. The highest BCUT2D eigenvalue weighted by atomic mass is 28.3. The average Bonchev–Trinajstić information content (AvgIpc) is 3.47. The van der Waals surface area contributed by atoms with Gasteiger partial charge in [-0.05, 0) is 170 Å². The molecule has 0 N–H and O–H groups in total. The molecule has 0 aromatic heterocycles. The van der Waals surface area contributed by atoms with E-state index in [4.69, 9.17) is 0 Å². The molecule has 6 aliphatic rings. The van der Waals surface area contributed by atoms with Crippen LogP contribution in [0.15, 0.2) is 0 Å². The van der Waals surface area contributed by atoms with Gasteiger partial charge in [0.25, 0.3) is 0 Å². The summed E-state index contributed by atoms with van der Waals surface area (Å²) in [6.45, 7) is 23.4. The zero-order valence-electron chi connectivity index (χ0n) is 29.9. The Hall–Kier alpha value is 0.217. The van der Waals surface area contributed by atoms with Crippen LogP contribution >= 0.6 is 0 Å². The Morgan fingerprint density at radius 3 is 1.10 bits per heavy atom. The van der Waals surface area contributed by atoms with Gasteiger partial charge in [-0.2, -0.15) is 0 Å². The van der Waals surface area contributed by atoms with E-state index in [1.54, 1.807) is 77.0 Å². The van der Waals surface area contributed by atoms with Crippen LogP contribution in [-0.2, 0) is 0 Å². The second-order valence-electron chi connectivity index (χ2n) is 20.0. The first kappa shape index (κ1) is 32.2. The van der Waals surface area contributed by atoms with E-state index in [-0.39, 0.29) is 8.80 Å². The lowest BCUT2D eigenvalue weighted by Gasteiger charge is -2.47. The normalized spacial score (nSPS) is 48.7. The summed E-state index contributed by atoms with van der Waals surface area (Å²) in [5.74, 6) is 12.7. The first-order valence-electron chi connectivity index (χ1n) is 19.7. The Balaban J connectivity index is 1.12. The highest BCUT2D eigenvalue weighted by Gasteiger charge is 2.56. The molecule has 241 valence electrons. The van der Waals surface area contributed by atoms with Gasteiger partial charge in [-0.15, -0.1) is 0 Å². The summed E-state index contributed by atoms with van der Waals surface area (Å²) in [6.07, 6.45) is 25.0. The molecule has 0 heterocycles. The van der Waals surface area contributed by atoms with Crippen molar-refractivity contribution in [2.45, 2.75) is 176 Å². The van der Waals surface area contributed by atoms with Gasteiger partial charge in [-0.3, -0.25) is 0 Å². The molecular formula is C41H73Si. The van der Waals surface area contributed by atoms with Gasteiger partial charge in [0, 0.05) is 0 Å². The van der Waals surface area contributed by atoms with E-state index >= 15 is 0 Å². The van der Waals surface area contributed by atoms with Crippen LogP contribution in [0.1, 0.15) is 158 Å². The van der Waals surface area contributed by atoms with Crippen molar-refractivity contribution < 1.29 is 0 Å². The molecule has 1 radical (unpaired) electrons. The smallest absolute Gasteiger partial charge is 0.0523 e. The van der Waals surface area contributed by atoms with Gasteiger partial charge in [0.2, 0.25) is 0 Å². The molecule has 42 heavy (non-hydrogen) atoms. The maximum atomic E-state index is 2.91. The van der Waals surface area contributed by atoms with Gasteiger partial charge in [0.15, 0.2) is 0 Å². The van der Waals surface area contributed by atoms with Crippen LogP contribution in [0.2, 0.25) is 17.6 Å². The van der Waals surface area contributed by atoms with E-state index in [0.717, 1.165) is 82.1 Å². The van der Waals surface area contributed by atoms with E-state index in [1.807, 2.05) is 0 Å². The molecule has 6 rings (SSSR count). The third-order valence-corrected chi connectivity index (χ3v) is 20.1. The number of rotatable bonds is 4. The van der Waals surface area contributed by atoms with Gasteiger partial charge >= 0.3 is 0 Å². The van der Waals surface area contributed by atoms with Gasteiger partial charge in [-0.1, -0.05) is 87.6 Å². The van der Waals surface area contributed by atoms with Gasteiger partial charge in [0.1, 0.15) is 0 Å². The van der Waals surface area contributed by atoms with Crippen molar-refractivity contribution in [3.63, 3.8) is 0 Å². The SMILES string of the molecule is CC1CC2C(C3CCC(C(C)(C)C)CC3)CCCC2C1[Si](C)C1C(C)CC2C(C3CCC(C(C)(C)C)CC3)CCCC21. The van der Waals surface area contributed by atoms with E-state index < -0.39 is 0 Å². The van der Waals surface area contributed by atoms with Crippen LogP contribution in [0.25, 0.3) is 0 Å². The van der Waals surface area contributed by atoms with Crippen LogP contribution in [0.5, 0.6) is 0 Å². The van der Waals surface area contributed by atoms with Crippen molar-refractivity contribution in [3.8, 4) is 0 Å². The maximum absolute atomic E-state index is 2.91. The number of hydrogen-bond acceptors (Lipinski definition) is 0. The van der Waals surface area contributed by atoms with Gasteiger partial charge < -0.3 is 0 Å². The predicted octanol–water partition coefficient (Wildman–Crippen LogP) is 12.7. The molecule has 0 bridgehead atoms. The van der Waals surface area contributed by atoms with Gasteiger partial charge in [0.05, 0.1) is 8.80 Å². The lowest BCUT2D eigenvalue weighted by molar-refractivity contribution is 0.0624. The fourth-order valence-electron chi connectivity index (χ4n) is 14.0. The molecule has 6 saturated carbocycles. The topological polar surface area (TPSA) is 0 Å². The Kier molecular flexibility index (Phi) is 9.52. The van der Waals surface area contributed by atoms with Gasteiger partial charge in [-0.25, -0.2) is 0 Å². The van der Waals surface area contributed by atoms with E-state index in [9.17, 15) is 0 Å². The minimum Gasteiger partial charge on any atom is -0.0706 e. The van der Waals surface area contributed by atoms with Crippen molar-refractivity contribution in [2.24, 2.45) is 81.8 Å². The summed E-state index contributed by atoms with van der Waals surface area (Å²) in [7, 11) is -0.342. The van der Waals surface area contributed by atoms with Crippen LogP contribution in [-0.4, -0.2) is 8.80 Å². The molecule has 0 amide bonds. The summed E-state index contributed by atoms with van der Waals surface area (Å²) >= 11 is 0. The van der Waals surface area contributed by atoms with Crippen molar-refractivity contribution in [1.29, 1.82) is 0 Å². The van der Waals surface area contributed by atoms with E-state index in [0.29, 0.717) is 10.8 Å². The predicted molar refractivity (Wildman–Crippen MR) is 185 cm³/mol. The first-order chi connectivity index (χ1) is 19.8. The maximum Gasteiger partial charge on any atom is 0.0523 e. The highest BCUT2D eigenvalue weighted by Crippen LogP contribution is 2.64. The van der Waals surface area contributed by atoms with Crippen molar-refractivity contribution in [3.05, 3.63) is 0 Å². The molecule has 1 heteroatoms. The number of hydrogen-bond donors (Lipinski definition) is 0. The minimum atomic E-state index is -0.342. The Labute approximate surface area is 265 Å². The summed E-state index contributed by atoms with van der Waals surface area (Å²) in [4.78, 5) is 0. The van der Waals surface area contributed by atoms with E-state index in [1.165, 1.54) is 25.7 Å². The third-order valence-electron chi connectivity index (χ3n) is 16.0. The lowest BCUT2D eigenvalue weighted by Crippen LogP contribution is -2.40.